The lowest BCUT2D eigenvalue weighted by Gasteiger charge is -2.15. The van der Waals surface area contributed by atoms with Crippen LogP contribution in [-0.4, -0.2) is 20.7 Å². The zero-order valence-corrected chi connectivity index (χ0v) is 14.1. The van der Waals surface area contributed by atoms with E-state index in [-0.39, 0.29) is 11.5 Å². The zero-order valence-electron chi connectivity index (χ0n) is 13.3. The van der Waals surface area contributed by atoms with Gasteiger partial charge in [0.25, 0.3) is 5.56 Å². The van der Waals surface area contributed by atoms with Gasteiger partial charge < -0.3 is 5.32 Å². The summed E-state index contributed by atoms with van der Waals surface area (Å²) in [5.41, 5.74) is 1.19. The predicted molar refractivity (Wildman–Crippen MR) is 94.1 cm³/mol. The average molecular weight is 340 g/mol. The molecule has 0 aliphatic heterocycles. The molecule has 24 heavy (non-hydrogen) atoms. The molecule has 0 aromatic carbocycles. The number of nitrogens with one attached hydrogen (secondary N) is 1. The van der Waals surface area contributed by atoms with Crippen molar-refractivity contribution in [3.05, 3.63) is 63.9 Å². The molecule has 1 atom stereocenters. The molecular formula is C17H16N4O2S. The largest absolute Gasteiger partial charge is 0.309 e. The van der Waals surface area contributed by atoms with Gasteiger partial charge in [0.15, 0.2) is 0 Å². The predicted octanol–water partition coefficient (Wildman–Crippen LogP) is 2.87. The van der Waals surface area contributed by atoms with E-state index < -0.39 is 6.04 Å². The van der Waals surface area contributed by atoms with Gasteiger partial charge in [-0.3, -0.25) is 9.59 Å². The second-order valence-electron chi connectivity index (χ2n) is 5.31. The molecule has 3 aromatic heterocycles. The first-order valence-electron chi connectivity index (χ1n) is 7.42. The summed E-state index contributed by atoms with van der Waals surface area (Å²) in [5, 5.41) is 9.01. The maximum atomic E-state index is 12.5. The Balaban J connectivity index is 1.88. The molecule has 0 bridgehead atoms. The van der Waals surface area contributed by atoms with Crippen molar-refractivity contribution >= 4 is 23.1 Å². The number of amides is 1. The summed E-state index contributed by atoms with van der Waals surface area (Å²) in [6.45, 7) is 3.50. The maximum Gasteiger partial charge on any atom is 0.267 e. The fraction of sp³-hybridized carbons (Fsp3) is 0.176. The third-order valence-corrected chi connectivity index (χ3v) is 4.49. The molecule has 3 heterocycles. The number of aromatic nitrogens is 3. The molecule has 0 saturated carbocycles. The number of carbonyl (C=O) groups is 1. The molecule has 0 aliphatic rings. The monoisotopic (exact) mass is 340 g/mol. The fourth-order valence-corrected chi connectivity index (χ4v) is 2.90. The summed E-state index contributed by atoms with van der Waals surface area (Å²) in [7, 11) is 0. The molecule has 3 rings (SSSR count). The molecule has 1 N–H and O–H groups in total. The first-order valence-corrected chi connectivity index (χ1v) is 8.30. The number of pyridine rings is 1. The molecule has 3 aromatic rings. The summed E-state index contributed by atoms with van der Waals surface area (Å²) >= 11 is 1.53. The van der Waals surface area contributed by atoms with Crippen molar-refractivity contribution in [1.29, 1.82) is 0 Å². The van der Waals surface area contributed by atoms with Crippen molar-refractivity contribution in [2.75, 3.05) is 5.32 Å². The Morgan fingerprint density at radius 3 is 2.79 bits per heavy atom. The van der Waals surface area contributed by atoms with Gasteiger partial charge in [-0.05, 0) is 43.0 Å². The number of thiophene rings is 1. The van der Waals surface area contributed by atoms with E-state index in [4.69, 9.17) is 0 Å². The first kappa shape index (κ1) is 16.1. The van der Waals surface area contributed by atoms with E-state index in [2.05, 4.69) is 15.4 Å². The summed E-state index contributed by atoms with van der Waals surface area (Å²) in [4.78, 5) is 29.7. The number of hydrogen-bond donors (Lipinski definition) is 1. The summed E-state index contributed by atoms with van der Waals surface area (Å²) < 4.78 is 1.20. The van der Waals surface area contributed by atoms with E-state index in [1.165, 1.54) is 22.1 Å². The molecule has 6 nitrogen and oxygen atoms in total. The minimum atomic E-state index is -0.751. The van der Waals surface area contributed by atoms with E-state index in [0.717, 1.165) is 10.4 Å². The van der Waals surface area contributed by atoms with Gasteiger partial charge in [-0.15, -0.1) is 11.3 Å². The maximum absolute atomic E-state index is 12.5. The summed E-state index contributed by atoms with van der Waals surface area (Å²) in [5.74, 6) is 0.145. The van der Waals surface area contributed by atoms with Crippen molar-refractivity contribution < 1.29 is 4.79 Å². The first-order chi connectivity index (χ1) is 11.6. The van der Waals surface area contributed by atoms with Crippen molar-refractivity contribution in [3.8, 4) is 10.6 Å². The van der Waals surface area contributed by atoms with E-state index in [1.54, 1.807) is 25.3 Å². The zero-order chi connectivity index (χ0) is 17.1. The third-order valence-electron chi connectivity index (χ3n) is 3.60. The minimum Gasteiger partial charge on any atom is -0.309 e. The van der Waals surface area contributed by atoms with Gasteiger partial charge in [-0.2, -0.15) is 5.10 Å². The number of aryl methyl sites for hydroxylation is 1. The second-order valence-corrected chi connectivity index (χ2v) is 6.26. The smallest absolute Gasteiger partial charge is 0.267 e. The number of hydrogen-bond acceptors (Lipinski definition) is 5. The molecular weight excluding hydrogens is 324 g/mol. The van der Waals surface area contributed by atoms with Gasteiger partial charge in [-0.1, -0.05) is 12.1 Å². The number of nitrogens with zero attached hydrogens (tertiary/aromatic N) is 3. The number of anilines is 1. The molecule has 0 saturated heterocycles. The van der Waals surface area contributed by atoms with Crippen LogP contribution in [0.3, 0.4) is 0 Å². The highest BCUT2D eigenvalue weighted by Crippen LogP contribution is 2.21. The van der Waals surface area contributed by atoms with Gasteiger partial charge >= 0.3 is 0 Å². The number of carbonyl (C=O) groups excluding carboxylic acids is 1. The SMILES string of the molecule is Cc1cccnc1NC(=O)C(C)n1nc(-c2cccs2)ccc1=O. The van der Waals surface area contributed by atoms with Crippen LogP contribution in [0, 0.1) is 6.92 Å². The number of rotatable bonds is 4. The molecule has 1 unspecified atom stereocenters. The standard InChI is InChI=1S/C17H16N4O2S/c1-11-5-3-9-18-16(11)19-17(23)12(2)21-15(22)8-7-13(20-21)14-6-4-10-24-14/h3-10,12H,1-2H3,(H,18,19,23). The van der Waals surface area contributed by atoms with Crippen LogP contribution in [0.4, 0.5) is 5.82 Å². The van der Waals surface area contributed by atoms with Crippen LogP contribution >= 0.6 is 11.3 Å². The Kier molecular flexibility index (Phi) is 4.52. The minimum absolute atomic E-state index is 0.323. The second kappa shape index (κ2) is 6.76. The van der Waals surface area contributed by atoms with E-state index >= 15 is 0 Å². The Labute approximate surface area is 142 Å². The molecule has 1 amide bonds. The van der Waals surface area contributed by atoms with Crippen LogP contribution in [0.5, 0.6) is 0 Å². The lowest BCUT2D eigenvalue weighted by molar-refractivity contribution is -0.119. The molecule has 122 valence electrons. The van der Waals surface area contributed by atoms with Gasteiger partial charge in [-0.25, -0.2) is 9.67 Å². The van der Waals surface area contributed by atoms with Gasteiger partial charge in [0.1, 0.15) is 17.6 Å². The van der Waals surface area contributed by atoms with Crippen molar-refractivity contribution in [2.45, 2.75) is 19.9 Å². The summed E-state index contributed by atoms with van der Waals surface area (Å²) in [6.07, 6.45) is 1.61. The van der Waals surface area contributed by atoms with Crippen LogP contribution in [0.15, 0.2) is 52.8 Å². The van der Waals surface area contributed by atoms with Gasteiger partial charge in [0.2, 0.25) is 5.91 Å². The third kappa shape index (κ3) is 3.26. The van der Waals surface area contributed by atoms with Crippen molar-refractivity contribution in [1.82, 2.24) is 14.8 Å². The highest BCUT2D eigenvalue weighted by molar-refractivity contribution is 7.13. The topological polar surface area (TPSA) is 76.9 Å². The Bertz CT molecular complexity index is 918. The molecule has 0 spiro atoms. The molecule has 0 aliphatic carbocycles. The van der Waals surface area contributed by atoms with Crippen molar-refractivity contribution in [3.63, 3.8) is 0 Å². The molecule has 0 radical (unpaired) electrons. The Hall–Kier alpha value is -2.80. The lowest BCUT2D eigenvalue weighted by Crippen LogP contribution is -2.33. The highest BCUT2D eigenvalue weighted by atomic mass is 32.1. The van der Waals surface area contributed by atoms with Crippen LogP contribution in [-0.2, 0) is 4.79 Å². The molecule has 7 heteroatoms. The van der Waals surface area contributed by atoms with Crippen LogP contribution in [0.25, 0.3) is 10.6 Å². The van der Waals surface area contributed by atoms with Crippen LogP contribution in [0.2, 0.25) is 0 Å². The van der Waals surface area contributed by atoms with E-state index in [9.17, 15) is 9.59 Å². The quantitative estimate of drug-likeness (QED) is 0.792. The van der Waals surface area contributed by atoms with E-state index in [0.29, 0.717) is 11.5 Å². The van der Waals surface area contributed by atoms with Crippen molar-refractivity contribution in [2.24, 2.45) is 0 Å². The summed E-state index contributed by atoms with van der Waals surface area (Å²) in [6, 6.07) is 9.83. The molecule has 0 fully saturated rings. The van der Waals surface area contributed by atoms with Gasteiger partial charge in [0, 0.05) is 12.3 Å². The highest BCUT2D eigenvalue weighted by Gasteiger charge is 2.19. The lowest BCUT2D eigenvalue weighted by atomic mass is 10.2. The Morgan fingerprint density at radius 2 is 2.08 bits per heavy atom. The normalized spacial score (nSPS) is 11.9. The Morgan fingerprint density at radius 1 is 1.25 bits per heavy atom. The van der Waals surface area contributed by atoms with Gasteiger partial charge in [0.05, 0.1) is 4.88 Å². The fourth-order valence-electron chi connectivity index (χ4n) is 2.21. The van der Waals surface area contributed by atoms with E-state index in [1.807, 2.05) is 30.5 Å². The average Bonchev–Trinajstić information content (AvgIpc) is 3.11. The van der Waals surface area contributed by atoms with Crippen LogP contribution < -0.4 is 10.9 Å². The van der Waals surface area contributed by atoms with Crippen LogP contribution in [0.1, 0.15) is 18.5 Å².